The van der Waals surface area contributed by atoms with Gasteiger partial charge >= 0.3 is 0 Å². The molecule has 2 aromatic heterocycles. The molecule has 6 heteroatoms. The van der Waals surface area contributed by atoms with Crippen molar-refractivity contribution in [2.75, 3.05) is 6.54 Å². The van der Waals surface area contributed by atoms with Crippen molar-refractivity contribution < 1.29 is 9.32 Å². The van der Waals surface area contributed by atoms with Gasteiger partial charge in [-0.15, -0.1) is 0 Å². The molecule has 2 aromatic rings. The van der Waals surface area contributed by atoms with Gasteiger partial charge in [0.25, 0.3) is 5.91 Å². The lowest BCUT2D eigenvalue weighted by Gasteiger charge is -2.23. The number of hydrogen-bond acceptors (Lipinski definition) is 4. The first-order valence-corrected chi connectivity index (χ1v) is 6.81. The Morgan fingerprint density at radius 1 is 1.45 bits per heavy atom. The molecule has 0 spiro atoms. The van der Waals surface area contributed by atoms with Gasteiger partial charge < -0.3 is 9.42 Å². The van der Waals surface area contributed by atoms with E-state index in [0.29, 0.717) is 5.69 Å². The predicted octanol–water partition coefficient (Wildman–Crippen LogP) is 2.00. The lowest BCUT2D eigenvalue weighted by Crippen LogP contribution is -2.31. The zero-order valence-electron chi connectivity index (χ0n) is 12.0. The van der Waals surface area contributed by atoms with Crippen LogP contribution in [0.2, 0.25) is 0 Å². The maximum absolute atomic E-state index is 12.6. The number of carbonyl (C=O) groups is 1. The van der Waals surface area contributed by atoms with Gasteiger partial charge in [0, 0.05) is 25.4 Å². The van der Waals surface area contributed by atoms with Gasteiger partial charge in [0.05, 0.1) is 11.7 Å². The summed E-state index contributed by atoms with van der Waals surface area (Å²) in [5.41, 5.74) is 2.41. The van der Waals surface area contributed by atoms with Crippen LogP contribution in [0, 0.1) is 13.8 Å². The van der Waals surface area contributed by atoms with E-state index in [-0.39, 0.29) is 11.9 Å². The molecule has 0 saturated carbocycles. The summed E-state index contributed by atoms with van der Waals surface area (Å²) in [7, 11) is 1.81. The van der Waals surface area contributed by atoms with E-state index in [2.05, 4.69) is 10.3 Å². The van der Waals surface area contributed by atoms with Crippen molar-refractivity contribution in [1.82, 2.24) is 19.8 Å². The normalized spacial score (nSPS) is 18.8. The van der Waals surface area contributed by atoms with Gasteiger partial charge in [-0.3, -0.25) is 9.48 Å². The molecule has 6 nitrogen and oxygen atoms in total. The Morgan fingerprint density at radius 3 is 2.85 bits per heavy atom. The third-order valence-corrected chi connectivity index (χ3v) is 3.87. The number of aromatic nitrogens is 3. The molecule has 0 N–H and O–H groups in total. The van der Waals surface area contributed by atoms with Crippen LogP contribution in [-0.4, -0.2) is 32.3 Å². The Labute approximate surface area is 117 Å². The van der Waals surface area contributed by atoms with Crippen LogP contribution in [0.1, 0.15) is 46.4 Å². The first-order chi connectivity index (χ1) is 9.58. The summed E-state index contributed by atoms with van der Waals surface area (Å²) in [5.74, 6) is 0.779. The molecule has 106 valence electrons. The highest BCUT2D eigenvalue weighted by Gasteiger charge is 2.34. The summed E-state index contributed by atoms with van der Waals surface area (Å²) >= 11 is 0. The maximum Gasteiger partial charge on any atom is 0.274 e. The lowest BCUT2D eigenvalue weighted by atomic mass is 10.0. The zero-order chi connectivity index (χ0) is 14.3. The van der Waals surface area contributed by atoms with Crippen LogP contribution in [0.4, 0.5) is 0 Å². The number of carbonyl (C=O) groups excluding carboxylic acids is 1. The van der Waals surface area contributed by atoms with Crippen molar-refractivity contribution in [1.29, 1.82) is 0 Å². The van der Waals surface area contributed by atoms with Crippen LogP contribution < -0.4 is 0 Å². The molecule has 1 amide bonds. The van der Waals surface area contributed by atoms with E-state index in [9.17, 15) is 4.79 Å². The van der Waals surface area contributed by atoms with Crippen molar-refractivity contribution in [3.8, 4) is 0 Å². The van der Waals surface area contributed by atoms with E-state index in [4.69, 9.17) is 4.52 Å². The Hall–Kier alpha value is -2.11. The quantitative estimate of drug-likeness (QED) is 0.840. The molecule has 3 heterocycles. The molecule has 0 aromatic carbocycles. The Morgan fingerprint density at radius 2 is 2.25 bits per heavy atom. The van der Waals surface area contributed by atoms with Crippen molar-refractivity contribution in [3.05, 3.63) is 35.0 Å². The van der Waals surface area contributed by atoms with Gasteiger partial charge in [-0.05, 0) is 32.8 Å². The molecule has 0 aliphatic carbocycles. The Kier molecular flexibility index (Phi) is 3.08. The minimum Gasteiger partial charge on any atom is -0.361 e. The highest BCUT2D eigenvalue weighted by molar-refractivity contribution is 5.92. The molecule has 0 radical (unpaired) electrons. The highest BCUT2D eigenvalue weighted by atomic mass is 16.5. The number of nitrogens with zero attached hydrogens (tertiary/aromatic N) is 4. The molecular formula is C14H18N4O2. The van der Waals surface area contributed by atoms with E-state index >= 15 is 0 Å². The van der Waals surface area contributed by atoms with E-state index in [0.717, 1.165) is 36.4 Å². The Balaban J connectivity index is 1.91. The third-order valence-electron chi connectivity index (χ3n) is 3.87. The Bertz CT molecular complexity index is 624. The van der Waals surface area contributed by atoms with E-state index < -0.39 is 0 Å². The lowest BCUT2D eigenvalue weighted by molar-refractivity contribution is 0.0728. The fourth-order valence-electron chi connectivity index (χ4n) is 2.95. The molecule has 1 aliphatic heterocycles. The number of rotatable bonds is 2. The molecule has 0 unspecified atom stereocenters. The van der Waals surface area contributed by atoms with Gasteiger partial charge in [0.15, 0.2) is 0 Å². The number of aryl methyl sites for hydroxylation is 3. The summed E-state index contributed by atoms with van der Waals surface area (Å²) in [5, 5.41) is 8.20. The molecule has 3 rings (SSSR count). The molecule has 1 aliphatic rings. The van der Waals surface area contributed by atoms with Gasteiger partial charge in [-0.2, -0.15) is 5.10 Å². The van der Waals surface area contributed by atoms with Crippen LogP contribution >= 0.6 is 0 Å². The SMILES string of the molecule is Cc1noc(C)c1[C@H]1CCCN1C(=O)c1ccn(C)n1. The standard InChI is InChI=1S/C14H18N4O2/c1-9-13(10(2)20-16-9)12-5-4-7-18(12)14(19)11-6-8-17(3)15-11/h6,8,12H,4-5,7H2,1-3H3/t12-/m1/s1. The van der Waals surface area contributed by atoms with Crippen LogP contribution in [0.5, 0.6) is 0 Å². The van der Waals surface area contributed by atoms with Crippen LogP contribution in [0.3, 0.4) is 0 Å². The zero-order valence-corrected chi connectivity index (χ0v) is 12.0. The molecule has 20 heavy (non-hydrogen) atoms. The predicted molar refractivity (Wildman–Crippen MR) is 72.2 cm³/mol. The second-order valence-electron chi connectivity index (χ2n) is 5.27. The fourth-order valence-corrected chi connectivity index (χ4v) is 2.95. The second kappa shape index (κ2) is 4.77. The van der Waals surface area contributed by atoms with Crippen LogP contribution in [0.25, 0.3) is 0 Å². The minimum absolute atomic E-state index is 0.0203. The number of hydrogen-bond donors (Lipinski definition) is 0. The van der Waals surface area contributed by atoms with Crippen molar-refractivity contribution in [2.24, 2.45) is 7.05 Å². The minimum atomic E-state index is -0.0203. The summed E-state index contributed by atoms with van der Waals surface area (Å²) < 4.78 is 6.88. The first kappa shape index (κ1) is 12.9. The average molecular weight is 274 g/mol. The average Bonchev–Trinajstić information content (AvgIpc) is 3.10. The number of likely N-dealkylation sites (tertiary alicyclic amines) is 1. The van der Waals surface area contributed by atoms with Crippen molar-refractivity contribution >= 4 is 5.91 Å². The summed E-state index contributed by atoms with van der Waals surface area (Å²) in [6.45, 7) is 4.58. The summed E-state index contributed by atoms with van der Waals surface area (Å²) in [4.78, 5) is 14.5. The van der Waals surface area contributed by atoms with Gasteiger partial charge in [-0.1, -0.05) is 5.16 Å². The van der Waals surface area contributed by atoms with E-state index in [1.165, 1.54) is 0 Å². The highest BCUT2D eigenvalue weighted by Crippen LogP contribution is 2.36. The van der Waals surface area contributed by atoms with Crippen LogP contribution in [0.15, 0.2) is 16.8 Å². The van der Waals surface area contributed by atoms with E-state index in [1.54, 1.807) is 16.9 Å². The molecule has 1 atom stereocenters. The summed E-state index contributed by atoms with van der Waals surface area (Å²) in [6, 6.07) is 1.81. The van der Waals surface area contributed by atoms with Gasteiger partial charge in [0.2, 0.25) is 0 Å². The third kappa shape index (κ3) is 2.01. The topological polar surface area (TPSA) is 64.2 Å². The van der Waals surface area contributed by atoms with Gasteiger partial charge in [-0.25, -0.2) is 0 Å². The van der Waals surface area contributed by atoms with Crippen molar-refractivity contribution in [3.63, 3.8) is 0 Å². The smallest absolute Gasteiger partial charge is 0.274 e. The molecule has 1 fully saturated rings. The van der Waals surface area contributed by atoms with Crippen LogP contribution in [-0.2, 0) is 7.05 Å². The maximum atomic E-state index is 12.6. The molecule has 0 bridgehead atoms. The van der Waals surface area contributed by atoms with Gasteiger partial charge in [0.1, 0.15) is 11.5 Å². The largest absolute Gasteiger partial charge is 0.361 e. The second-order valence-corrected chi connectivity index (χ2v) is 5.27. The number of amides is 1. The van der Waals surface area contributed by atoms with Crippen molar-refractivity contribution in [2.45, 2.75) is 32.7 Å². The van der Waals surface area contributed by atoms with E-state index in [1.807, 2.05) is 25.8 Å². The summed E-state index contributed by atoms with van der Waals surface area (Å²) in [6.07, 6.45) is 3.73. The monoisotopic (exact) mass is 274 g/mol. The molecule has 1 saturated heterocycles. The fraction of sp³-hybridized carbons (Fsp3) is 0.500. The molecular weight excluding hydrogens is 256 g/mol. The first-order valence-electron chi connectivity index (χ1n) is 6.81.